The molecule has 0 spiro atoms. The first kappa shape index (κ1) is 21.1. The van der Waals surface area contributed by atoms with E-state index in [0.717, 1.165) is 37.0 Å². The Morgan fingerprint density at radius 1 is 1.10 bits per heavy atom. The minimum Gasteiger partial charge on any atom is -0.407 e. The van der Waals surface area contributed by atoms with Crippen LogP contribution in [0.4, 0.5) is 11.4 Å². The summed E-state index contributed by atoms with van der Waals surface area (Å²) in [7, 11) is 0. The van der Waals surface area contributed by atoms with Crippen LogP contribution in [-0.2, 0) is 9.47 Å². The summed E-state index contributed by atoms with van der Waals surface area (Å²) in [5.41, 5.74) is 8.95. The Balaban J connectivity index is 1.56. The van der Waals surface area contributed by atoms with Gasteiger partial charge in [-0.05, 0) is 55.2 Å². The van der Waals surface area contributed by atoms with E-state index in [0.29, 0.717) is 16.9 Å². The van der Waals surface area contributed by atoms with Crippen LogP contribution in [0, 0.1) is 16.2 Å². The molecule has 1 unspecified atom stereocenters. The molecule has 1 heterocycles. The van der Waals surface area contributed by atoms with Gasteiger partial charge in [-0.2, -0.15) is 0 Å². The van der Waals surface area contributed by atoms with Crippen LogP contribution in [0.3, 0.4) is 0 Å². The van der Waals surface area contributed by atoms with Crippen LogP contribution < -0.4 is 16.4 Å². The second kappa shape index (κ2) is 10.2. The SMILES string of the molecule is N=C/C(=C\NC1CCCCO1)c1ccc(NC(=N)OC(=N)c2cccc(N)c2)cc1. The summed E-state index contributed by atoms with van der Waals surface area (Å²) in [5, 5.41) is 29.6. The second-order valence-corrected chi connectivity index (χ2v) is 6.85. The molecule has 8 heteroatoms. The lowest BCUT2D eigenvalue weighted by molar-refractivity contribution is 0.00348. The van der Waals surface area contributed by atoms with Crippen molar-refractivity contribution >= 4 is 35.1 Å². The number of benzene rings is 2. The molecular formula is C22H26N6O2. The molecule has 0 aliphatic carbocycles. The standard InChI is InChI=1S/C22H26N6O2/c23-13-17(14-27-20-6-1-2-11-29-20)15-7-9-19(10-8-15)28-22(26)30-21(25)16-4-3-5-18(24)12-16/h3-5,7-10,12-14,20,23,25,27H,1-2,6,11,24H2,(H2,26,28)/b17-14+,23-13?,25-21?. The van der Waals surface area contributed by atoms with Crippen LogP contribution in [0.25, 0.3) is 5.57 Å². The monoisotopic (exact) mass is 406 g/mol. The third-order valence-electron chi connectivity index (χ3n) is 4.59. The predicted octanol–water partition coefficient (Wildman–Crippen LogP) is 3.76. The highest BCUT2D eigenvalue weighted by Gasteiger charge is 2.12. The first-order chi connectivity index (χ1) is 14.5. The largest absolute Gasteiger partial charge is 0.407 e. The summed E-state index contributed by atoms with van der Waals surface area (Å²) in [5.74, 6) is -0.165. The summed E-state index contributed by atoms with van der Waals surface area (Å²) in [6.45, 7) is 0.759. The maximum absolute atomic E-state index is 7.96. The fraction of sp³-hybridized carbons (Fsp3) is 0.227. The molecule has 0 bridgehead atoms. The molecule has 0 saturated carbocycles. The number of ether oxygens (including phenoxy) is 2. The summed E-state index contributed by atoms with van der Waals surface area (Å²) in [6.07, 6.45) is 6.25. The molecule has 0 radical (unpaired) electrons. The molecule has 2 aromatic rings. The zero-order valence-corrected chi connectivity index (χ0v) is 16.6. The number of nitrogens with one attached hydrogen (secondary N) is 5. The van der Waals surface area contributed by atoms with Gasteiger partial charge in [0.25, 0.3) is 6.02 Å². The van der Waals surface area contributed by atoms with Gasteiger partial charge in [0.15, 0.2) is 0 Å². The molecule has 3 rings (SSSR count). The number of rotatable bonds is 6. The number of amidine groups is 1. The van der Waals surface area contributed by atoms with Crippen molar-refractivity contribution < 1.29 is 9.47 Å². The Morgan fingerprint density at radius 3 is 2.57 bits per heavy atom. The van der Waals surface area contributed by atoms with Gasteiger partial charge in [0.1, 0.15) is 6.23 Å². The molecule has 30 heavy (non-hydrogen) atoms. The van der Waals surface area contributed by atoms with Crippen molar-refractivity contribution in [3.05, 3.63) is 65.9 Å². The van der Waals surface area contributed by atoms with Crippen LogP contribution in [0.15, 0.2) is 54.7 Å². The van der Waals surface area contributed by atoms with E-state index in [9.17, 15) is 0 Å². The van der Waals surface area contributed by atoms with Gasteiger partial charge in [-0.1, -0.05) is 18.2 Å². The van der Waals surface area contributed by atoms with Gasteiger partial charge in [-0.3, -0.25) is 10.8 Å². The topological polar surface area (TPSA) is 140 Å². The Labute approximate surface area is 175 Å². The zero-order valence-electron chi connectivity index (χ0n) is 16.6. The Bertz CT molecular complexity index is 933. The zero-order chi connectivity index (χ0) is 21.3. The molecule has 8 nitrogen and oxygen atoms in total. The van der Waals surface area contributed by atoms with Crippen LogP contribution in [-0.4, -0.2) is 31.0 Å². The highest BCUT2D eigenvalue weighted by molar-refractivity contribution is 6.08. The van der Waals surface area contributed by atoms with E-state index in [1.54, 1.807) is 42.6 Å². The average molecular weight is 406 g/mol. The molecule has 1 atom stereocenters. The van der Waals surface area contributed by atoms with Crippen LogP contribution >= 0.6 is 0 Å². The van der Waals surface area contributed by atoms with E-state index in [2.05, 4.69) is 10.6 Å². The third-order valence-corrected chi connectivity index (χ3v) is 4.59. The molecule has 1 saturated heterocycles. The molecule has 1 aliphatic heterocycles. The van der Waals surface area contributed by atoms with E-state index in [4.69, 9.17) is 31.4 Å². The summed E-state index contributed by atoms with van der Waals surface area (Å²) >= 11 is 0. The van der Waals surface area contributed by atoms with Gasteiger partial charge in [0.2, 0.25) is 5.90 Å². The highest BCUT2D eigenvalue weighted by Crippen LogP contribution is 2.17. The van der Waals surface area contributed by atoms with Gasteiger partial charge in [0.05, 0.1) is 0 Å². The minimum absolute atomic E-state index is 0.0115. The molecule has 1 fully saturated rings. The van der Waals surface area contributed by atoms with E-state index in [1.807, 2.05) is 12.1 Å². The number of allylic oxidation sites excluding steroid dienone is 1. The Hall–Kier alpha value is -3.65. The van der Waals surface area contributed by atoms with E-state index < -0.39 is 0 Å². The van der Waals surface area contributed by atoms with Gasteiger partial charge in [0, 0.05) is 41.5 Å². The molecule has 0 aromatic heterocycles. The van der Waals surface area contributed by atoms with Gasteiger partial charge < -0.3 is 31.3 Å². The summed E-state index contributed by atoms with van der Waals surface area (Å²) < 4.78 is 10.9. The van der Waals surface area contributed by atoms with Crippen molar-refractivity contribution in [2.45, 2.75) is 25.5 Å². The number of nitrogens with two attached hydrogens (primary N) is 1. The number of anilines is 2. The van der Waals surface area contributed by atoms with Crippen molar-refractivity contribution in [3.8, 4) is 0 Å². The highest BCUT2D eigenvalue weighted by atomic mass is 16.5. The number of nitrogen functional groups attached to an aromatic ring is 1. The van der Waals surface area contributed by atoms with Crippen molar-refractivity contribution in [1.82, 2.24) is 5.32 Å². The van der Waals surface area contributed by atoms with Crippen molar-refractivity contribution in [1.29, 1.82) is 16.2 Å². The minimum atomic E-state index is -0.269. The van der Waals surface area contributed by atoms with Gasteiger partial charge >= 0.3 is 0 Å². The maximum Gasteiger partial charge on any atom is 0.293 e. The lowest BCUT2D eigenvalue weighted by Gasteiger charge is -2.23. The third kappa shape index (κ3) is 5.92. The quantitative estimate of drug-likeness (QED) is 0.246. The molecule has 0 amide bonds. The molecule has 7 N–H and O–H groups in total. The Morgan fingerprint density at radius 2 is 1.90 bits per heavy atom. The smallest absolute Gasteiger partial charge is 0.293 e. The first-order valence-electron chi connectivity index (χ1n) is 9.72. The van der Waals surface area contributed by atoms with Crippen LogP contribution in [0.1, 0.15) is 30.4 Å². The molecular weight excluding hydrogens is 380 g/mol. The molecule has 156 valence electrons. The first-order valence-corrected chi connectivity index (χ1v) is 9.72. The summed E-state index contributed by atoms with van der Waals surface area (Å²) in [6, 6.07) is 13.7. The normalized spacial score (nSPS) is 16.4. The number of hydrogen-bond acceptors (Lipinski definition) is 7. The van der Waals surface area contributed by atoms with E-state index in [-0.39, 0.29) is 18.1 Å². The fourth-order valence-electron chi connectivity index (χ4n) is 3.01. The summed E-state index contributed by atoms with van der Waals surface area (Å²) in [4.78, 5) is 0. The average Bonchev–Trinajstić information content (AvgIpc) is 2.76. The van der Waals surface area contributed by atoms with E-state index >= 15 is 0 Å². The van der Waals surface area contributed by atoms with Crippen molar-refractivity contribution in [2.24, 2.45) is 0 Å². The van der Waals surface area contributed by atoms with Crippen molar-refractivity contribution in [3.63, 3.8) is 0 Å². The Kier molecular flexibility index (Phi) is 7.18. The van der Waals surface area contributed by atoms with Gasteiger partial charge in [-0.15, -0.1) is 0 Å². The van der Waals surface area contributed by atoms with Crippen molar-refractivity contribution in [2.75, 3.05) is 17.7 Å². The number of hydrogen-bond donors (Lipinski definition) is 6. The fourth-order valence-corrected chi connectivity index (χ4v) is 3.01. The van der Waals surface area contributed by atoms with E-state index in [1.165, 1.54) is 6.21 Å². The second-order valence-electron chi connectivity index (χ2n) is 6.85. The van der Waals surface area contributed by atoms with Gasteiger partial charge in [-0.25, -0.2) is 0 Å². The molecule has 2 aromatic carbocycles. The predicted molar refractivity (Wildman–Crippen MR) is 120 cm³/mol. The molecule has 1 aliphatic rings. The maximum atomic E-state index is 7.96. The lowest BCUT2D eigenvalue weighted by atomic mass is 10.1. The van der Waals surface area contributed by atoms with Crippen LogP contribution in [0.2, 0.25) is 0 Å². The van der Waals surface area contributed by atoms with Crippen LogP contribution in [0.5, 0.6) is 0 Å². The lowest BCUT2D eigenvalue weighted by Crippen LogP contribution is -2.31.